The van der Waals surface area contributed by atoms with Crippen LogP contribution in [0.15, 0.2) is 63.3 Å². The summed E-state index contributed by atoms with van der Waals surface area (Å²) in [6.45, 7) is 36.3. The van der Waals surface area contributed by atoms with Crippen LogP contribution in [0.3, 0.4) is 0 Å². The van der Waals surface area contributed by atoms with Gasteiger partial charge in [-0.05, 0) is 93.8 Å². The van der Waals surface area contributed by atoms with Crippen molar-refractivity contribution in [3.05, 3.63) is 69.9 Å². The Labute approximate surface area is 579 Å². The van der Waals surface area contributed by atoms with Gasteiger partial charge >= 0.3 is 25.7 Å². The van der Waals surface area contributed by atoms with Gasteiger partial charge < -0.3 is 121 Å². The van der Waals surface area contributed by atoms with Crippen molar-refractivity contribution in [2.24, 2.45) is 5.92 Å². The third-order valence-corrected chi connectivity index (χ3v) is 17.4. The molecule has 0 bridgehead atoms. The van der Waals surface area contributed by atoms with Gasteiger partial charge in [0.2, 0.25) is 0 Å². The van der Waals surface area contributed by atoms with Crippen molar-refractivity contribution in [1.82, 2.24) is 0 Å². The van der Waals surface area contributed by atoms with E-state index in [0.717, 1.165) is 12.9 Å². The predicted octanol–water partition coefficient (Wildman–Crippen LogP) is 2.61. The van der Waals surface area contributed by atoms with Gasteiger partial charge in [0.1, 0.15) is 97.7 Å². The van der Waals surface area contributed by atoms with Gasteiger partial charge in [0, 0.05) is 41.3 Å². The zero-order valence-electron chi connectivity index (χ0n) is 58.4. The minimum atomic E-state index is -3.63. The SMILES string of the molecule is C=CCC1OC(C(C)OC)C(C)C1OC(C)=O.C=CCC1OC(CO)C(O)C1O.C=CCC1OC([CH-]OC)C(O)C1O.C=CC[C@@H](O)C1OC(OC)C2OC(C)(C)OC21.C=CC[C@@H](OS(C)(=O)=O)C1OC(OC)C2OC(C)(C)OC21.COC1OC([C@H]2CO2)C2OC(C)(C)OC12.[O]=[Mn]. The van der Waals surface area contributed by atoms with E-state index in [0.29, 0.717) is 32.1 Å². The number of fused-ring (bicyclic) bond motifs is 3. The van der Waals surface area contributed by atoms with E-state index < -0.39 is 119 Å². The molecule has 10 fully saturated rings. The van der Waals surface area contributed by atoms with E-state index in [1.165, 1.54) is 27.8 Å². The second-order valence-electron chi connectivity index (χ2n) is 25.6. The van der Waals surface area contributed by atoms with Crippen LogP contribution in [-0.2, 0) is 129 Å². The molecule has 0 amide bonds. The number of methoxy groups -OCH3 is 5. The van der Waals surface area contributed by atoms with E-state index in [1.807, 2.05) is 41.5 Å². The molecule has 0 aliphatic carbocycles. The molecule has 10 saturated heterocycles. The number of aliphatic hydroxyl groups is 6. The summed E-state index contributed by atoms with van der Waals surface area (Å²) >= 11 is 1.69. The van der Waals surface area contributed by atoms with E-state index >= 15 is 0 Å². The van der Waals surface area contributed by atoms with E-state index in [2.05, 4.69) is 32.9 Å². The summed E-state index contributed by atoms with van der Waals surface area (Å²) in [4.78, 5) is 11.1. The molecular formula is C65H109MnO30S-. The number of hydrogen-bond donors (Lipinski definition) is 6. The molecule has 0 radical (unpaired) electrons. The number of esters is 1. The average Bonchev–Trinajstić information content (AvgIpc) is 1.39. The van der Waals surface area contributed by atoms with Gasteiger partial charge in [-0.1, -0.05) is 37.3 Å². The molecule has 0 aromatic carbocycles. The van der Waals surface area contributed by atoms with Gasteiger partial charge in [-0.25, -0.2) is 0 Å². The van der Waals surface area contributed by atoms with E-state index in [-0.39, 0.29) is 91.9 Å². The van der Waals surface area contributed by atoms with Crippen LogP contribution in [0.5, 0.6) is 0 Å². The fraction of sp³-hybridized carbons (Fsp3) is 0.815. The first-order valence-corrected chi connectivity index (χ1v) is 34.3. The quantitative estimate of drug-likeness (QED) is 0.0202. The molecule has 32 heteroatoms. The van der Waals surface area contributed by atoms with Crippen LogP contribution in [0, 0.1) is 12.5 Å². The van der Waals surface area contributed by atoms with Crippen LogP contribution >= 0.6 is 0 Å². The Kier molecular flexibility index (Phi) is 35.7. The molecule has 6 N–H and O–H groups in total. The number of carbonyl (C=O) groups excluding carboxylic acids is 1. The fourth-order valence-electron chi connectivity index (χ4n) is 12.5. The van der Waals surface area contributed by atoms with Crippen molar-refractivity contribution in [1.29, 1.82) is 0 Å². The van der Waals surface area contributed by atoms with Crippen LogP contribution in [-0.4, -0.2) is 283 Å². The topological polar surface area (TPSA) is 378 Å². The molecule has 0 aromatic rings. The Morgan fingerprint density at radius 2 is 1.03 bits per heavy atom. The number of aliphatic hydroxyl groups excluding tert-OH is 6. The summed E-state index contributed by atoms with van der Waals surface area (Å²) in [5, 5.41) is 56.3. The van der Waals surface area contributed by atoms with E-state index in [4.69, 9.17) is 103 Å². The van der Waals surface area contributed by atoms with Gasteiger partial charge in [-0.15, -0.1) is 32.9 Å². The molecule has 10 heterocycles. The summed E-state index contributed by atoms with van der Waals surface area (Å²) in [6, 6.07) is 0. The number of epoxide rings is 1. The zero-order chi connectivity index (χ0) is 73.1. The number of ether oxygens (including phenoxy) is 19. The molecule has 563 valence electrons. The molecule has 10 rings (SSSR count). The molecule has 28 atom stereocenters. The zero-order valence-corrected chi connectivity index (χ0v) is 60.4. The summed E-state index contributed by atoms with van der Waals surface area (Å²) in [5.41, 5.74) is 0. The van der Waals surface area contributed by atoms with Crippen LogP contribution in [0.4, 0.5) is 0 Å². The van der Waals surface area contributed by atoms with Gasteiger partial charge in [0.15, 0.2) is 36.2 Å². The van der Waals surface area contributed by atoms with Crippen LogP contribution in [0.25, 0.3) is 0 Å². The third-order valence-electron chi connectivity index (χ3n) is 16.8. The molecule has 0 aromatic heterocycles. The van der Waals surface area contributed by atoms with E-state index in [1.54, 1.807) is 81.5 Å². The molecule has 10 aliphatic heterocycles. The first-order valence-electron chi connectivity index (χ1n) is 32.0. The standard InChI is InChI=1S/C13H22O7S.C13H22O4.C12H20O5.C10H16O5.C9H15O4.C8H14O4.Mn.O/c1-6-7-8(20-21(5,14)15)9-10-11(12(16-4)17-9)19-13(2,3)18-10;1-6-7-11-13(16-10(4)14)8(2)12(17-11)9(3)15-5;1-5-6-7(13)8-9-10(11(14-4)15-8)17-12(2,3)16-9;1-10(2)14-7-6(5-4-12-5)13-9(11-3)8(7)15-10;1-3-4-6-8(10)9(11)7(13-6)5-12-2;1-2-3-5-7(10)8(11)6(4-9)12-5;;/h6,8-12H,1,7H2,2-5H3;6,8-9,11-13H,1,7H2,2-5H3;5,7-11,13H,1,6H2,2-4H3;5-9H,4H2,1-3H3;3,5-11H,1,4H2,2H3;2,5-11H,1,3-4H2;;/q;;;;-1;;;/t8-,9?,10?,11?,12?;;7-,8?,9?,10?,11?;5-,6?,7?,8?,9?;;;;/m1.11..../s1. The Balaban J connectivity index is 0.000000248. The summed E-state index contributed by atoms with van der Waals surface area (Å²) in [6.07, 6.45) is 0.102. The number of hydrogen-bond acceptors (Lipinski definition) is 30. The third kappa shape index (κ3) is 24.3. The minimum absolute atomic E-state index is 0.0159. The van der Waals surface area contributed by atoms with E-state index in [9.17, 15) is 38.7 Å². The van der Waals surface area contributed by atoms with Crippen molar-refractivity contribution >= 4 is 16.1 Å². The normalized spacial score (nSPS) is 39.6. The first-order chi connectivity index (χ1) is 45.7. The second kappa shape index (κ2) is 39.9. The number of carbonyl (C=O) groups is 1. The monoisotopic (exact) mass is 1460 g/mol. The molecule has 30 nitrogen and oxygen atoms in total. The molecule has 97 heavy (non-hydrogen) atoms. The van der Waals surface area contributed by atoms with Crippen molar-refractivity contribution < 1.29 is 158 Å². The Hall–Kier alpha value is -2.56. The van der Waals surface area contributed by atoms with Gasteiger partial charge in [0.25, 0.3) is 10.1 Å². The molecule has 0 saturated carbocycles. The van der Waals surface area contributed by atoms with Gasteiger partial charge in [-0.3, -0.25) is 8.98 Å². The van der Waals surface area contributed by atoms with Crippen molar-refractivity contribution in [3.8, 4) is 0 Å². The van der Waals surface area contributed by atoms with Crippen molar-refractivity contribution in [3.63, 3.8) is 0 Å². The Morgan fingerprint density at radius 3 is 1.46 bits per heavy atom. The molecule has 25 unspecified atom stereocenters. The van der Waals surface area contributed by atoms with Crippen molar-refractivity contribution in [2.45, 2.75) is 277 Å². The molecule has 0 spiro atoms. The maximum atomic E-state index is 11.4. The first kappa shape index (κ1) is 86.8. The summed E-state index contributed by atoms with van der Waals surface area (Å²) < 4.78 is 140. The summed E-state index contributed by atoms with van der Waals surface area (Å²) in [5.74, 6) is -2.15. The average molecular weight is 1460 g/mol. The number of rotatable bonds is 24. The van der Waals surface area contributed by atoms with Gasteiger partial charge in [0.05, 0.1) is 62.2 Å². The molecule has 10 aliphatic rings. The Morgan fingerprint density at radius 1 is 0.598 bits per heavy atom. The van der Waals surface area contributed by atoms with Gasteiger partial charge in [-0.2, -0.15) is 15.0 Å². The molecular weight excluding hydrogens is 1350 g/mol. The Bertz CT molecular complexity index is 2510. The van der Waals surface area contributed by atoms with Crippen molar-refractivity contribution in [2.75, 3.05) is 55.0 Å². The van der Waals surface area contributed by atoms with Crippen LogP contribution in [0.2, 0.25) is 0 Å². The fourth-order valence-corrected chi connectivity index (χ4v) is 13.1. The predicted molar refractivity (Wildman–Crippen MR) is 338 cm³/mol. The summed E-state index contributed by atoms with van der Waals surface area (Å²) in [7, 11) is 4.17. The van der Waals surface area contributed by atoms with Crippen LogP contribution < -0.4 is 0 Å². The van der Waals surface area contributed by atoms with Crippen LogP contribution in [0.1, 0.15) is 94.4 Å². The second-order valence-corrected chi connectivity index (χ2v) is 27.2. The maximum absolute atomic E-state index is 11.4.